The van der Waals surface area contributed by atoms with Gasteiger partial charge in [-0.1, -0.05) is 31.5 Å². The number of sulfonamides is 1. The number of H-pyrrole nitrogens is 1. The fourth-order valence-electron chi connectivity index (χ4n) is 2.63. The Labute approximate surface area is 179 Å². The van der Waals surface area contributed by atoms with E-state index < -0.39 is 32.3 Å². The van der Waals surface area contributed by atoms with Gasteiger partial charge in [-0.05, 0) is 31.0 Å². The summed E-state index contributed by atoms with van der Waals surface area (Å²) in [4.78, 5) is 14.6. The van der Waals surface area contributed by atoms with Crippen molar-refractivity contribution in [2.45, 2.75) is 25.7 Å². The van der Waals surface area contributed by atoms with E-state index in [2.05, 4.69) is 25.2 Å². The van der Waals surface area contributed by atoms with E-state index in [0.717, 1.165) is 17.7 Å². The summed E-state index contributed by atoms with van der Waals surface area (Å²) >= 11 is 0. The molecule has 0 radical (unpaired) electrons. The maximum Gasteiger partial charge on any atom is 0.293 e. The van der Waals surface area contributed by atoms with Crippen LogP contribution in [-0.4, -0.2) is 46.3 Å². The van der Waals surface area contributed by atoms with E-state index in [1.807, 2.05) is 32.9 Å². The third kappa shape index (κ3) is 5.19. The van der Waals surface area contributed by atoms with Gasteiger partial charge >= 0.3 is 0 Å². The third-order valence-corrected chi connectivity index (χ3v) is 5.77. The maximum atomic E-state index is 12.5. The molecule has 164 valence electrons. The van der Waals surface area contributed by atoms with Crippen molar-refractivity contribution in [1.29, 1.82) is 0 Å². The normalized spacial score (nSPS) is 11.6. The van der Waals surface area contributed by atoms with Crippen LogP contribution >= 0.6 is 0 Å². The minimum absolute atomic E-state index is 0.0353. The highest BCUT2D eigenvalue weighted by molar-refractivity contribution is 7.89. The zero-order valence-electron chi connectivity index (χ0n) is 17.2. The number of anilines is 1. The van der Waals surface area contributed by atoms with Gasteiger partial charge in [0.05, 0.1) is 5.56 Å². The molecule has 0 spiro atoms. The van der Waals surface area contributed by atoms with Crippen molar-refractivity contribution in [2.24, 2.45) is 5.92 Å². The Balaban J connectivity index is 1.89. The molecule has 11 heteroatoms. The summed E-state index contributed by atoms with van der Waals surface area (Å²) in [5.41, 5.74) is 1.56. The van der Waals surface area contributed by atoms with E-state index in [-0.39, 0.29) is 29.7 Å². The largest absolute Gasteiger partial charge is 0.507 e. The van der Waals surface area contributed by atoms with Crippen LogP contribution in [0, 0.1) is 12.8 Å². The highest BCUT2D eigenvalue weighted by Gasteiger charge is 2.24. The second kappa shape index (κ2) is 8.74. The number of aromatic nitrogens is 3. The van der Waals surface area contributed by atoms with E-state index >= 15 is 0 Å². The van der Waals surface area contributed by atoms with Crippen molar-refractivity contribution >= 4 is 21.6 Å². The zero-order chi connectivity index (χ0) is 22.8. The Bertz CT molecular complexity index is 1200. The van der Waals surface area contributed by atoms with Crippen LogP contribution in [0.1, 0.15) is 30.0 Å². The Morgan fingerprint density at radius 2 is 1.77 bits per heavy atom. The molecule has 0 bridgehead atoms. The van der Waals surface area contributed by atoms with Crippen LogP contribution < -0.4 is 10.0 Å². The minimum atomic E-state index is -4.04. The summed E-state index contributed by atoms with van der Waals surface area (Å²) in [6, 6.07) is 9.11. The number of nitrogens with zero attached hydrogens (tertiary/aromatic N) is 2. The van der Waals surface area contributed by atoms with Gasteiger partial charge in [-0.3, -0.25) is 4.79 Å². The SMILES string of the molecule is Cc1ccc(NC(=O)c2nnc(-c3cc(S(=O)(=O)NCC(C)C)c(O)cc3O)[nH]2)cc1. The summed E-state index contributed by atoms with van der Waals surface area (Å²) in [6.45, 7) is 5.76. The summed E-state index contributed by atoms with van der Waals surface area (Å²) in [7, 11) is -4.04. The number of carbonyl (C=O) groups excluding carboxylic acids is 1. The molecule has 0 saturated carbocycles. The first-order valence-electron chi connectivity index (χ1n) is 9.43. The third-order valence-electron chi connectivity index (χ3n) is 4.31. The summed E-state index contributed by atoms with van der Waals surface area (Å²) in [6.07, 6.45) is 0. The number of amides is 1. The number of hydrogen-bond donors (Lipinski definition) is 5. The van der Waals surface area contributed by atoms with Crippen LogP contribution in [0.5, 0.6) is 11.5 Å². The van der Waals surface area contributed by atoms with Crippen molar-refractivity contribution in [1.82, 2.24) is 19.9 Å². The predicted octanol–water partition coefficient (Wildman–Crippen LogP) is 2.38. The molecule has 2 aromatic carbocycles. The lowest BCUT2D eigenvalue weighted by atomic mass is 10.2. The first-order valence-corrected chi connectivity index (χ1v) is 10.9. The molecule has 0 saturated heterocycles. The molecule has 0 aliphatic heterocycles. The summed E-state index contributed by atoms with van der Waals surface area (Å²) in [5.74, 6) is -1.72. The topological polar surface area (TPSA) is 157 Å². The number of phenols is 2. The number of nitrogens with one attached hydrogen (secondary N) is 3. The zero-order valence-corrected chi connectivity index (χ0v) is 18.0. The number of aromatic hydroxyl groups is 2. The number of aromatic amines is 1. The van der Waals surface area contributed by atoms with Crippen molar-refractivity contribution in [3.8, 4) is 22.9 Å². The smallest absolute Gasteiger partial charge is 0.293 e. The van der Waals surface area contributed by atoms with Crippen LogP contribution in [0.15, 0.2) is 41.3 Å². The van der Waals surface area contributed by atoms with Crippen LogP contribution in [0.2, 0.25) is 0 Å². The average Bonchev–Trinajstić information content (AvgIpc) is 3.18. The molecular formula is C20H23N5O5S. The monoisotopic (exact) mass is 445 g/mol. The van der Waals surface area contributed by atoms with Gasteiger partial charge in [-0.15, -0.1) is 10.2 Å². The van der Waals surface area contributed by atoms with Gasteiger partial charge in [0.15, 0.2) is 5.82 Å². The lowest BCUT2D eigenvalue weighted by molar-refractivity contribution is 0.101. The van der Waals surface area contributed by atoms with E-state index in [9.17, 15) is 23.4 Å². The van der Waals surface area contributed by atoms with E-state index in [1.54, 1.807) is 12.1 Å². The Morgan fingerprint density at radius 3 is 2.42 bits per heavy atom. The quantitative estimate of drug-likeness (QED) is 0.373. The van der Waals surface area contributed by atoms with Crippen LogP contribution in [-0.2, 0) is 10.0 Å². The molecule has 0 aliphatic carbocycles. The van der Waals surface area contributed by atoms with Gasteiger partial charge in [0.25, 0.3) is 5.91 Å². The summed E-state index contributed by atoms with van der Waals surface area (Å²) < 4.78 is 27.4. The Hall–Kier alpha value is -3.44. The van der Waals surface area contributed by atoms with Gasteiger partial charge in [0, 0.05) is 18.3 Å². The van der Waals surface area contributed by atoms with Crippen LogP contribution in [0.3, 0.4) is 0 Å². The average molecular weight is 446 g/mol. The number of carbonyl (C=O) groups is 1. The lowest BCUT2D eigenvalue weighted by Gasteiger charge is -2.12. The predicted molar refractivity (Wildman–Crippen MR) is 114 cm³/mol. The second-order valence-electron chi connectivity index (χ2n) is 7.43. The van der Waals surface area contributed by atoms with Gasteiger partial charge in [-0.25, -0.2) is 13.1 Å². The van der Waals surface area contributed by atoms with Crippen LogP contribution in [0.25, 0.3) is 11.4 Å². The molecule has 0 unspecified atom stereocenters. The first kappa shape index (κ1) is 22.2. The first-order chi connectivity index (χ1) is 14.6. The molecule has 0 fully saturated rings. The molecule has 1 aromatic heterocycles. The molecule has 1 heterocycles. The molecule has 5 N–H and O–H groups in total. The molecule has 3 aromatic rings. The molecule has 0 atom stereocenters. The van der Waals surface area contributed by atoms with Crippen molar-refractivity contribution < 1.29 is 23.4 Å². The number of phenolic OH excluding ortho intramolecular Hbond substituents is 2. The Kier molecular flexibility index (Phi) is 6.27. The number of rotatable bonds is 7. The maximum absolute atomic E-state index is 12.5. The van der Waals surface area contributed by atoms with E-state index in [0.29, 0.717) is 5.69 Å². The molecule has 0 aliphatic rings. The van der Waals surface area contributed by atoms with E-state index in [4.69, 9.17) is 0 Å². The summed E-state index contributed by atoms with van der Waals surface area (Å²) in [5, 5.41) is 30.5. The minimum Gasteiger partial charge on any atom is -0.507 e. The molecule has 1 amide bonds. The van der Waals surface area contributed by atoms with Crippen LogP contribution in [0.4, 0.5) is 5.69 Å². The highest BCUT2D eigenvalue weighted by atomic mass is 32.2. The van der Waals surface area contributed by atoms with Gasteiger partial charge < -0.3 is 20.5 Å². The number of hydrogen-bond acceptors (Lipinski definition) is 7. The van der Waals surface area contributed by atoms with Gasteiger partial charge in [-0.2, -0.15) is 0 Å². The Morgan fingerprint density at radius 1 is 1.10 bits per heavy atom. The molecule has 31 heavy (non-hydrogen) atoms. The van der Waals surface area contributed by atoms with E-state index in [1.165, 1.54) is 0 Å². The lowest BCUT2D eigenvalue weighted by Crippen LogP contribution is -2.27. The molecular weight excluding hydrogens is 422 g/mol. The van der Waals surface area contributed by atoms with Gasteiger partial charge in [0.2, 0.25) is 15.8 Å². The number of aryl methyl sites for hydroxylation is 1. The standard InChI is InChI=1S/C20H23N5O5S/c1-11(2)10-21-31(29,30)17-8-14(15(26)9-16(17)27)18-23-19(25-24-18)20(28)22-13-6-4-12(3)5-7-13/h4-9,11,21,26-27H,10H2,1-3H3,(H,22,28)(H,23,24,25). The highest BCUT2D eigenvalue weighted by Crippen LogP contribution is 2.35. The molecule has 3 rings (SSSR count). The second-order valence-corrected chi connectivity index (χ2v) is 9.16. The molecule has 10 nitrogen and oxygen atoms in total. The fraction of sp³-hybridized carbons (Fsp3) is 0.250. The fourth-order valence-corrected chi connectivity index (χ4v) is 3.94. The van der Waals surface area contributed by atoms with Gasteiger partial charge in [0.1, 0.15) is 16.4 Å². The van der Waals surface area contributed by atoms with Crippen molar-refractivity contribution in [3.05, 3.63) is 47.8 Å². The number of benzene rings is 2. The van der Waals surface area contributed by atoms with Crippen molar-refractivity contribution in [2.75, 3.05) is 11.9 Å². The van der Waals surface area contributed by atoms with Crippen molar-refractivity contribution in [3.63, 3.8) is 0 Å².